The lowest BCUT2D eigenvalue weighted by Crippen LogP contribution is -2.24. The fourth-order valence-electron chi connectivity index (χ4n) is 1.25. The standard InChI is InChI=1S/C10H13NO2S2/c1-8(9-5-3-2-4-6-9)15(12,13)7-10(11)14/h2-6,8H,7H2,1H3,(H2,11,14). The molecule has 0 aliphatic heterocycles. The maximum absolute atomic E-state index is 11.8. The third-order valence-electron chi connectivity index (χ3n) is 2.15. The molecular weight excluding hydrogens is 230 g/mol. The van der Waals surface area contributed by atoms with Crippen LogP contribution in [-0.4, -0.2) is 19.2 Å². The predicted octanol–water partition coefficient (Wildman–Crippen LogP) is 1.45. The van der Waals surface area contributed by atoms with Crippen molar-refractivity contribution in [2.75, 3.05) is 5.75 Å². The molecule has 0 saturated heterocycles. The molecule has 1 aromatic carbocycles. The SMILES string of the molecule is CC(c1ccccc1)S(=O)(=O)CC(N)=S. The van der Waals surface area contributed by atoms with E-state index in [0.717, 1.165) is 5.56 Å². The van der Waals surface area contributed by atoms with Gasteiger partial charge in [-0.25, -0.2) is 8.42 Å². The summed E-state index contributed by atoms with van der Waals surface area (Å²) in [6.45, 7) is 1.64. The minimum Gasteiger partial charge on any atom is -0.392 e. The van der Waals surface area contributed by atoms with E-state index in [2.05, 4.69) is 12.2 Å². The highest BCUT2D eigenvalue weighted by atomic mass is 32.2. The molecule has 5 heteroatoms. The van der Waals surface area contributed by atoms with E-state index in [1.165, 1.54) is 0 Å². The van der Waals surface area contributed by atoms with E-state index in [0.29, 0.717) is 0 Å². The van der Waals surface area contributed by atoms with Crippen molar-refractivity contribution in [2.24, 2.45) is 5.73 Å². The maximum Gasteiger partial charge on any atom is 0.163 e. The molecule has 1 rings (SSSR count). The summed E-state index contributed by atoms with van der Waals surface area (Å²) in [6.07, 6.45) is 0. The van der Waals surface area contributed by atoms with Crippen LogP contribution in [0.5, 0.6) is 0 Å². The van der Waals surface area contributed by atoms with Crippen LogP contribution in [-0.2, 0) is 9.84 Å². The maximum atomic E-state index is 11.8. The van der Waals surface area contributed by atoms with Crippen molar-refractivity contribution in [1.82, 2.24) is 0 Å². The van der Waals surface area contributed by atoms with Crippen molar-refractivity contribution < 1.29 is 8.42 Å². The van der Waals surface area contributed by atoms with Gasteiger partial charge in [0.15, 0.2) is 9.84 Å². The molecule has 0 radical (unpaired) electrons. The van der Waals surface area contributed by atoms with E-state index < -0.39 is 15.1 Å². The van der Waals surface area contributed by atoms with Gasteiger partial charge in [-0.05, 0) is 12.5 Å². The second-order valence-electron chi connectivity index (χ2n) is 3.33. The zero-order chi connectivity index (χ0) is 11.5. The summed E-state index contributed by atoms with van der Waals surface area (Å²) in [5.74, 6) is -0.238. The highest BCUT2D eigenvalue weighted by Crippen LogP contribution is 2.21. The number of benzene rings is 1. The van der Waals surface area contributed by atoms with Gasteiger partial charge in [0, 0.05) is 0 Å². The van der Waals surface area contributed by atoms with Gasteiger partial charge in [-0.2, -0.15) is 0 Å². The Morgan fingerprint density at radius 1 is 1.40 bits per heavy atom. The Hall–Kier alpha value is -0.940. The zero-order valence-corrected chi connectivity index (χ0v) is 10.0. The van der Waals surface area contributed by atoms with E-state index in [4.69, 9.17) is 5.73 Å². The fourth-order valence-corrected chi connectivity index (χ4v) is 2.97. The Morgan fingerprint density at radius 2 is 1.93 bits per heavy atom. The first-order chi connectivity index (χ1) is 6.93. The Bertz CT molecular complexity index is 440. The molecule has 0 bridgehead atoms. The molecule has 0 spiro atoms. The molecule has 1 unspecified atom stereocenters. The van der Waals surface area contributed by atoms with Crippen LogP contribution < -0.4 is 5.73 Å². The Labute approximate surface area is 95.2 Å². The summed E-state index contributed by atoms with van der Waals surface area (Å²) in [6, 6.07) is 9.02. The highest BCUT2D eigenvalue weighted by molar-refractivity contribution is 7.94. The summed E-state index contributed by atoms with van der Waals surface area (Å²) in [5, 5.41) is -0.569. The average molecular weight is 243 g/mol. The van der Waals surface area contributed by atoms with Crippen molar-refractivity contribution >= 4 is 27.0 Å². The van der Waals surface area contributed by atoms with Crippen LogP contribution in [0.25, 0.3) is 0 Å². The first kappa shape index (κ1) is 12.1. The molecule has 0 amide bonds. The quantitative estimate of drug-likeness (QED) is 0.813. The number of hydrogen-bond donors (Lipinski definition) is 1. The summed E-state index contributed by atoms with van der Waals surface area (Å²) in [4.78, 5) is 0.0118. The van der Waals surface area contributed by atoms with Crippen LogP contribution in [0.1, 0.15) is 17.7 Å². The Balaban J connectivity index is 2.95. The third kappa shape index (κ3) is 3.28. The molecule has 1 atom stereocenters. The van der Waals surface area contributed by atoms with Crippen LogP contribution in [0.4, 0.5) is 0 Å². The van der Waals surface area contributed by atoms with Gasteiger partial charge in [0.05, 0.1) is 10.2 Å². The summed E-state index contributed by atoms with van der Waals surface area (Å²) < 4.78 is 23.5. The van der Waals surface area contributed by atoms with Crippen LogP contribution in [0.2, 0.25) is 0 Å². The molecule has 0 aliphatic carbocycles. The molecule has 2 N–H and O–H groups in total. The molecule has 3 nitrogen and oxygen atoms in total. The number of hydrogen-bond acceptors (Lipinski definition) is 3. The minimum atomic E-state index is -3.28. The van der Waals surface area contributed by atoms with E-state index >= 15 is 0 Å². The smallest absolute Gasteiger partial charge is 0.163 e. The monoisotopic (exact) mass is 243 g/mol. The van der Waals surface area contributed by atoms with Crippen molar-refractivity contribution in [1.29, 1.82) is 0 Å². The molecule has 1 aromatic rings. The van der Waals surface area contributed by atoms with Gasteiger partial charge < -0.3 is 5.73 Å². The molecule has 0 saturated carbocycles. The summed E-state index contributed by atoms with van der Waals surface area (Å²) in [5.41, 5.74) is 6.00. The zero-order valence-electron chi connectivity index (χ0n) is 8.38. The molecule has 15 heavy (non-hydrogen) atoms. The van der Waals surface area contributed by atoms with Gasteiger partial charge in [0.25, 0.3) is 0 Å². The van der Waals surface area contributed by atoms with E-state index in [1.807, 2.05) is 18.2 Å². The molecule has 0 heterocycles. The van der Waals surface area contributed by atoms with Gasteiger partial charge in [-0.1, -0.05) is 42.5 Å². The molecular formula is C10H13NO2S2. The molecule has 0 aromatic heterocycles. The van der Waals surface area contributed by atoms with Crippen molar-refractivity contribution in [3.8, 4) is 0 Å². The normalized spacial score (nSPS) is 13.4. The van der Waals surface area contributed by atoms with Gasteiger partial charge in [0.1, 0.15) is 5.75 Å². The summed E-state index contributed by atoms with van der Waals surface area (Å²) in [7, 11) is -3.28. The molecule has 82 valence electrons. The number of sulfone groups is 1. The number of nitrogens with two attached hydrogens (primary N) is 1. The Kier molecular flexibility index (Phi) is 3.82. The third-order valence-corrected chi connectivity index (χ3v) is 4.54. The van der Waals surface area contributed by atoms with Crippen LogP contribution in [0, 0.1) is 0 Å². The van der Waals surface area contributed by atoms with Crippen molar-refractivity contribution in [3.05, 3.63) is 35.9 Å². The molecule has 0 aliphatic rings. The van der Waals surface area contributed by atoms with E-state index in [1.54, 1.807) is 19.1 Å². The highest BCUT2D eigenvalue weighted by Gasteiger charge is 2.22. The second-order valence-corrected chi connectivity index (χ2v) is 6.17. The lowest BCUT2D eigenvalue weighted by molar-refractivity contribution is 0.590. The van der Waals surface area contributed by atoms with Crippen molar-refractivity contribution in [3.63, 3.8) is 0 Å². The van der Waals surface area contributed by atoms with E-state index in [9.17, 15) is 8.42 Å². The van der Waals surface area contributed by atoms with Gasteiger partial charge in [0.2, 0.25) is 0 Å². The van der Waals surface area contributed by atoms with Crippen molar-refractivity contribution in [2.45, 2.75) is 12.2 Å². The molecule has 0 fully saturated rings. The first-order valence-electron chi connectivity index (χ1n) is 4.48. The van der Waals surface area contributed by atoms with Crippen LogP contribution in [0.3, 0.4) is 0 Å². The van der Waals surface area contributed by atoms with Crippen LogP contribution >= 0.6 is 12.2 Å². The lowest BCUT2D eigenvalue weighted by Gasteiger charge is -2.12. The van der Waals surface area contributed by atoms with Gasteiger partial charge in [-0.15, -0.1) is 0 Å². The first-order valence-corrected chi connectivity index (χ1v) is 6.60. The van der Waals surface area contributed by atoms with Gasteiger partial charge in [-0.3, -0.25) is 0 Å². The average Bonchev–Trinajstić information content (AvgIpc) is 2.16. The van der Waals surface area contributed by atoms with E-state index in [-0.39, 0.29) is 10.7 Å². The Morgan fingerprint density at radius 3 is 2.40 bits per heavy atom. The topological polar surface area (TPSA) is 60.2 Å². The fraction of sp³-hybridized carbons (Fsp3) is 0.300. The second kappa shape index (κ2) is 4.72. The van der Waals surface area contributed by atoms with Gasteiger partial charge >= 0.3 is 0 Å². The summed E-state index contributed by atoms with van der Waals surface area (Å²) >= 11 is 4.61. The largest absolute Gasteiger partial charge is 0.392 e. The lowest BCUT2D eigenvalue weighted by atomic mass is 10.2. The number of rotatable bonds is 4. The van der Waals surface area contributed by atoms with Crippen LogP contribution in [0.15, 0.2) is 30.3 Å². The predicted molar refractivity (Wildman–Crippen MR) is 65.4 cm³/mol. The number of thiocarbonyl (C=S) groups is 1. The minimum absolute atomic E-state index is 0.0118.